The number of hydrogen-bond donors (Lipinski definition) is 0. The summed E-state index contributed by atoms with van der Waals surface area (Å²) in [6.07, 6.45) is 1.99. The van der Waals surface area contributed by atoms with E-state index in [1.807, 2.05) is 6.07 Å². The first-order chi connectivity index (χ1) is 16.4. The summed E-state index contributed by atoms with van der Waals surface area (Å²) in [5, 5.41) is 0. The van der Waals surface area contributed by atoms with Crippen molar-refractivity contribution in [2.45, 2.75) is 66.5 Å². The van der Waals surface area contributed by atoms with Crippen molar-refractivity contribution in [3.8, 4) is 11.5 Å². The van der Waals surface area contributed by atoms with Crippen LogP contribution in [0.4, 0.5) is 0 Å². The van der Waals surface area contributed by atoms with Gasteiger partial charge in [0.1, 0.15) is 23.9 Å². The van der Waals surface area contributed by atoms with E-state index in [0.29, 0.717) is 19.1 Å². The lowest BCUT2D eigenvalue weighted by Gasteiger charge is -2.15. The third kappa shape index (κ3) is 5.61. The molecule has 0 radical (unpaired) electrons. The number of hydrogen-bond acceptors (Lipinski definition) is 3. The fourth-order valence-corrected chi connectivity index (χ4v) is 4.29. The predicted molar refractivity (Wildman–Crippen MR) is 140 cm³/mol. The molecule has 0 fully saturated rings. The molecular weight excluding hydrogens is 420 g/mol. The van der Waals surface area contributed by atoms with Gasteiger partial charge in [-0.15, -0.1) is 0 Å². The lowest BCUT2D eigenvalue weighted by Crippen LogP contribution is -2.09. The van der Waals surface area contributed by atoms with Crippen LogP contribution in [0, 0.1) is 20.8 Å². The van der Waals surface area contributed by atoms with Crippen LogP contribution in [0.3, 0.4) is 0 Å². The van der Waals surface area contributed by atoms with Crippen molar-refractivity contribution in [2.75, 3.05) is 6.61 Å². The summed E-state index contributed by atoms with van der Waals surface area (Å²) in [7, 11) is 0. The fraction of sp³-hybridized carbons (Fsp3) is 0.367. The zero-order valence-corrected chi connectivity index (χ0v) is 21.1. The average Bonchev–Trinajstić information content (AvgIpc) is 3.16. The van der Waals surface area contributed by atoms with Crippen LogP contribution in [0.2, 0.25) is 0 Å². The van der Waals surface area contributed by atoms with Crippen molar-refractivity contribution in [2.24, 2.45) is 0 Å². The van der Waals surface area contributed by atoms with Gasteiger partial charge in [-0.3, -0.25) is 0 Å². The Morgan fingerprint density at radius 1 is 0.824 bits per heavy atom. The molecule has 0 aliphatic heterocycles. The van der Waals surface area contributed by atoms with E-state index in [4.69, 9.17) is 14.5 Å². The van der Waals surface area contributed by atoms with Gasteiger partial charge in [-0.1, -0.05) is 50.2 Å². The number of aryl methyl sites for hydroxylation is 4. The first kappa shape index (κ1) is 23.9. The molecule has 4 aromatic rings. The van der Waals surface area contributed by atoms with Gasteiger partial charge in [-0.05, 0) is 86.1 Å². The van der Waals surface area contributed by atoms with Gasteiger partial charge in [0.2, 0.25) is 0 Å². The van der Waals surface area contributed by atoms with Gasteiger partial charge in [0.05, 0.1) is 17.6 Å². The van der Waals surface area contributed by atoms with E-state index in [9.17, 15) is 0 Å². The molecule has 0 saturated heterocycles. The standard InChI is InChI=1S/C30H36N2O2/c1-21(2)25-15-13-23(4)19-29(25)33-17-9-8-16-32-27-11-7-6-10-26(27)31-30(32)20-34-28-18-22(3)12-14-24(28)5/h6-7,10-15,18-19,21H,8-9,16-17,20H2,1-5H3. The second-order valence-electron chi connectivity index (χ2n) is 9.48. The Kier molecular flexibility index (Phi) is 7.56. The molecule has 1 aromatic heterocycles. The maximum absolute atomic E-state index is 6.20. The van der Waals surface area contributed by atoms with E-state index in [1.54, 1.807) is 0 Å². The van der Waals surface area contributed by atoms with E-state index in [-0.39, 0.29) is 0 Å². The van der Waals surface area contributed by atoms with Crippen LogP contribution in [-0.4, -0.2) is 16.2 Å². The van der Waals surface area contributed by atoms with Crippen LogP contribution in [0.1, 0.15) is 60.7 Å². The van der Waals surface area contributed by atoms with Crippen LogP contribution in [-0.2, 0) is 13.2 Å². The Balaban J connectivity index is 1.41. The molecule has 0 spiro atoms. The maximum Gasteiger partial charge on any atom is 0.147 e. The minimum atomic E-state index is 0.451. The van der Waals surface area contributed by atoms with E-state index in [1.165, 1.54) is 16.7 Å². The van der Waals surface area contributed by atoms with Crippen LogP contribution >= 0.6 is 0 Å². The molecule has 4 heteroatoms. The largest absolute Gasteiger partial charge is 0.493 e. The number of imidazole rings is 1. The zero-order chi connectivity index (χ0) is 24.1. The fourth-order valence-electron chi connectivity index (χ4n) is 4.29. The van der Waals surface area contributed by atoms with Gasteiger partial charge in [-0.2, -0.15) is 0 Å². The van der Waals surface area contributed by atoms with Gasteiger partial charge in [-0.25, -0.2) is 4.98 Å². The molecule has 0 amide bonds. The maximum atomic E-state index is 6.20. The van der Waals surface area contributed by atoms with E-state index >= 15 is 0 Å². The van der Waals surface area contributed by atoms with E-state index < -0.39 is 0 Å². The molecule has 0 aliphatic carbocycles. The Morgan fingerprint density at radius 2 is 1.56 bits per heavy atom. The molecule has 1 heterocycles. The number of nitrogens with zero attached hydrogens (tertiary/aromatic N) is 2. The van der Waals surface area contributed by atoms with Crippen molar-refractivity contribution in [1.82, 2.24) is 9.55 Å². The SMILES string of the molecule is Cc1ccc(C)c(OCc2nc3ccccc3n2CCCCOc2cc(C)ccc2C(C)C)c1. The summed E-state index contributed by atoms with van der Waals surface area (Å²) in [5.74, 6) is 3.35. The molecule has 0 unspecified atom stereocenters. The summed E-state index contributed by atoms with van der Waals surface area (Å²) >= 11 is 0. The minimum Gasteiger partial charge on any atom is -0.493 e. The number of fused-ring (bicyclic) bond motifs is 1. The predicted octanol–water partition coefficient (Wildman–Crippen LogP) is 7.52. The van der Waals surface area contributed by atoms with Crippen LogP contribution in [0.15, 0.2) is 60.7 Å². The van der Waals surface area contributed by atoms with Crippen LogP contribution < -0.4 is 9.47 Å². The van der Waals surface area contributed by atoms with Gasteiger partial charge in [0.15, 0.2) is 0 Å². The van der Waals surface area contributed by atoms with Gasteiger partial charge < -0.3 is 14.0 Å². The van der Waals surface area contributed by atoms with Crippen molar-refractivity contribution < 1.29 is 9.47 Å². The number of unbranched alkanes of at least 4 members (excludes halogenated alkanes) is 1. The zero-order valence-electron chi connectivity index (χ0n) is 21.1. The number of para-hydroxylation sites is 2. The molecule has 0 aliphatic rings. The van der Waals surface area contributed by atoms with E-state index in [0.717, 1.165) is 53.3 Å². The van der Waals surface area contributed by atoms with Crippen molar-refractivity contribution in [1.29, 1.82) is 0 Å². The quantitative estimate of drug-likeness (QED) is 0.232. The van der Waals surface area contributed by atoms with Crippen LogP contribution in [0.25, 0.3) is 11.0 Å². The number of rotatable bonds is 10. The van der Waals surface area contributed by atoms with E-state index in [2.05, 4.69) is 93.8 Å². The summed E-state index contributed by atoms with van der Waals surface area (Å²) < 4.78 is 14.7. The number of ether oxygens (including phenoxy) is 2. The molecule has 0 N–H and O–H groups in total. The molecule has 3 aromatic carbocycles. The van der Waals surface area contributed by atoms with Gasteiger partial charge >= 0.3 is 0 Å². The van der Waals surface area contributed by atoms with Gasteiger partial charge in [0, 0.05) is 6.54 Å². The highest BCUT2D eigenvalue weighted by molar-refractivity contribution is 5.75. The minimum absolute atomic E-state index is 0.451. The molecule has 34 heavy (non-hydrogen) atoms. The normalized spacial score (nSPS) is 11.4. The van der Waals surface area contributed by atoms with Crippen molar-refractivity contribution in [3.63, 3.8) is 0 Å². The molecule has 0 atom stereocenters. The molecule has 0 saturated carbocycles. The highest BCUT2D eigenvalue weighted by atomic mass is 16.5. The Bertz CT molecular complexity index is 1260. The summed E-state index contributed by atoms with van der Waals surface area (Å²) in [5.41, 5.74) is 7.02. The lowest BCUT2D eigenvalue weighted by atomic mass is 10.0. The Labute approximate surface area is 203 Å². The monoisotopic (exact) mass is 456 g/mol. The smallest absolute Gasteiger partial charge is 0.147 e. The summed E-state index contributed by atoms with van der Waals surface area (Å²) in [4.78, 5) is 4.87. The summed E-state index contributed by atoms with van der Waals surface area (Å²) in [6, 6.07) is 21.1. The Hall–Kier alpha value is -3.27. The first-order valence-electron chi connectivity index (χ1n) is 12.3. The van der Waals surface area contributed by atoms with Crippen LogP contribution in [0.5, 0.6) is 11.5 Å². The first-order valence-corrected chi connectivity index (χ1v) is 12.3. The highest BCUT2D eigenvalue weighted by Gasteiger charge is 2.12. The third-order valence-electron chi connectivity index (χ3n) is 6.26. The number of benzene rings is 3. The second kappa shape index (κ2) is 10.8. The summed E-state index contributed by atoms with van der Waals surface area (Å²) in [6.45, 7) is 12.8. The van der Waals surface area contributed by atoms with Crippen molar-refractivity contribution >= 4 is 11.0 Å². The molecule has 178 valence electrons. The average molecular weight is 457 g/mol. The highest BCUT2D eigenvalue weighted by Crippen LogP contribution is 2.28. The topological polar surface area (TPSA) is 36.3 Å². The molecule has 4 nitrogen and oxygen atoms in total. The molecule has 4 rings (SSSR count). The number of aromatic nitrogens is 2. The van der Waals surface area contributed by atoms with Crippen molar-refractivity contribution in [3.05, 3.63) is 88.7 Å². The Morgan fingerprint density at radius 3 is 2.35 bits per heavy atom. The third-order valence-corrected chi connectivity index (χ3v) is 6.26. The van der Waals surface area contributed by atoms with Gasteiger partial charge in [0.25, 0.3) is 0 Å². The molecule has 0 bridgehead atoms. The lowest BCUT2D eigenvalue weighted by molar-refractivity contribution is 0.282. The molecular formula is C30H36N2O2. The second-order valence-corrected chi connectivity index (χ2v) is 9.48.